The van der Waals surface area contributed by atoms with Gasteiger partial charge in [0.15, 0.2) is 0 Å². The molecule has 418 valence electrons. The molecule has 7 aromatic rings. The van der Waals surface area contributed by atoms with Crippen LogP contribution in [0.3, 0.4) is 0 Å². The molecule has 2 aliphatic rings. The molecule has 0 bridgehead atoms. The largest absolute Gasteiger partial charge is 0.307 e. The van der Waals surface area contributed by atoms with Crippen molar-refractivity contribution in [2.45, 2.75) is 196 Å². The lowest BCUT2D eigenvalue weighted by Gasteiger charge is -2.27. The van der Waals surface area contributed by atoms with Gasteiger partial charge in [0.25, 0.3) is 11.8 Å². The second-order valence-corrected chi connectivity index (χ2v) is 27.9. The van der Waals surface area contributed by atoms with Crippen LogP contribution in [0.1, 0.15) is 205 Å². The van der Waals surface area contributed by atoms with Gasteiger partial charge in [-0.25, -0.2) is 0 Å². The molecule has 0 aliphatic carbocycles. The van der Waals surface area contributed by atoms with Crippen LogP contribution in [0.15, 0.2) is 95.7 Å². The average Bonchev–Trinajstić information content (AvgIpc) is 4.50. The lowest BCUT2D eigenvalue weighted by molar-refractivity contribution is -0.114. The van der Waals surface area contributed by atoms with E-state index < -0.39 is 0 Å². The molecule has 2 amide bonds. The Morgan fingerprint density at radius 1 is 0.359 bits per heavy atom. The molecule has 2 atom stereocenters. The molecular weight excluding hydrogens is 1070 g/mol. The Hall–Kier alpha value is -3.90. The SMILES string of the molecule is CC.CCCCCCCCC(CCCCCC)CN1C(=O)C(c2ccc(-c3ccc(-c4cccs4)s3)s2)=c2cc3c(cc21)=C(c1ccc(-c2ccc(-c4cccs4)s2)s1)C(=O)N3CC(CCCCCC)CCCCCCCC. The predicted octanol–water partition coefficient (Wildman–Crippen LogP) is 21.5. The van der Waals surface area contributed by atoms with Crippen molar-refractivity contribution in [3.63, 3.8) is 0 Å². The Morgan fingerprint density at radius 2 is 0.641 bits per heavy atom. The molecule has 4 nitrogen and oxygen atoms in total. The number of anilines is 2. The summed E-state index contributed by atoms with van der Waals surface area (Å²) in [6.45, 7) is 14.6. The molecule has 0 fully saturated rings. The molecule has 0 saturated carbocycles. The fourth-order valence-corrected chi connectivity index (χ4v) is 17.5. The first-order chi connectivity index (χ1) is 38.4. The monoisotopic (exact) mass is 1160 g/mol. The highest BCUT2D eigenvalue weighted by Crippen LogP contribution is 2.44. The zero-order valence-electron chi connectivity index (χ0n) is 47.9. The number of amides is 2. The highest BCUT2D eigenvalue weighted by molar-refractivity contribution is 7.27. The first-order valence-corrected chi connectivity index (χ1v) is 35.5. The van der Waals surface area contributed by atoms with Gasteiger partial charge in [-0.2, -0.15) is 0 Å². The Kier molecular flexibility index (Phi) is 24.2. The number of hydrogen-bond donors (Lipinski definition) is 0. The van der Waals surface area contributed by atoms with E-state index in [1.165, 1.54) is 167 Å². The summed E-state index contributed by atoms with van der Waals surface area (Å²) in [6, 6.07) is 31.1. The van der Waals surface area contributed by atoms with Crippen LogP contribution in [0.4, 0.5) is 11.4 Å². The average molecular weight is 1160 g/mol. The quantitative estimate of drug-likeness (QED) is 0.0377. The molecule has 0 radical (unpaired) electrons. The number of carbonyl (C=O) groups excluding carboxylic acids is 2. The summed E-state index contributed by atoms with van der Waals surface area (Å²) >= 11 is 10.7. The minimum atomic E-state index is 0.119. The van der Waals surface area contributed by atoms with Gasteiger partial charge in [-0.05, 0) is 121 Å². The van der Waals surface area contributed by atoms with Gasteiger partial charge in [0, 0.05) is 72.3 Å². The fourth-order valence-electron chi connectivity index (χ4n) is 11.6. The molecule has 9 rings (SSSR count). The van der Waals surface area contributed by atoms with Gasteiger partial charge in [0.2, 0.25) is 0 Å². The van der Waals surface area contributed by atoms with Gasteiger partial charge in [-0.15, -0.1) is 68.0 Å². The van der Waals surface area contributed by atoms with E-state index in [1.54, 1.807) is 45.3 Å². The van der Waals surface area contributed by atoms with Crippen molar-refractivity contribution in [2.75, 3.05) is 22.9 Å². The van der Waals surface area contributed by atoms with Crippen molar-refractivity contribution in [3.05, 3.63) is 116 Å². The molecule has 78 heavy (non-hydrogen) atoms. The standard InChI is InChI=1S/C66H82N2O2S6.C2H6/c1-5-9-13-17-19-23-29-47(27-21-15-11-7-3)45-67-51-43-50-52(44-49(51)63(65(67)69)61-39-37-59(75-61)57-35-33-55(73-57)53-31-25-41-71-53)68(46-48(28-22-16-12-8-4)30-24-20-18-14-10-6-2)66(70)64(50)62-40-38-60(76-62)58-36-34-56(74-58)54-32-26-42-72-54;1-2/h25-26,31-44,47-48H,5-24,27-30,45-46H2,1-4H3;1-2H3. The first-order valence-electron chi connectivity index (χ1n) is 30.4. The third-order valence-corrected chi connectivity index (χ3v) is 22.7. The van der Waals surface area contributed by atoms with Crippen LogP contribution >= 0.6 is 68.0 Å². The maximum atomic E-state index is 15.7. The van der Waals surface area contributed by atoms with E-state index in [9.17, 15) is 0 Å². The zero-order chi connectivity index (χ0) is 54.6. The lowest BCUT2D eigenvalue weighted by Crippen LogP contribution is -2.35. The van der Waals surface area contributed by atoms with Gasteiger partial charge in [0.05, 0.1) is 22.5 Å². The van der Waals surface area contributed by atoms with E-state index in [1.807, 2.05) is 36.5 Å². The molecule has 10 heteroatoms. The molecule has 8 heterocycles. The van der Waals surface area contributed by atoms with Crippen molar-refractivity contribution in [2.24, 2.45) is 11.8 Å². The maximum Gasteiger partial charge on any atom is 0.260 e. The molecule has 6 aromatic heterocycles. The summed E-state index contributed by atoms with van der Waals surface area (Å²) in [5, 5.41) is 6.28. The maximum absolute atomic E-state index is 15.7. The van der Waals surface area contributed by atoms with Crippen molar-refractivity contribution >= 4 is 102 Å². The van der Waals surface area contributed by atoms with Crippen LogP contribution in [0.2, 0.25) is 0 Å². The van der Waals surface area contributed by atoms with E-state index in [-0.39, 0.29) is 11.8 Å². The molecule has 2 aliphatic heterocycles. The summed E-state index contributed by atoms with van der Waals surface area (Å²) in [4.78, 5) is 47.7. The highest BCUT2D eigenvalue weighted by atomic mass is 32.1. The van der Waals surface area contributed by atoms with E-state index in [0.29, 0.717) is 24.9 Å². The summed E-state index contributed by atoms with van der Waals surface area (Å²) in [5.74, 6) is 1.06. The third-order valence-electron chi connectivity index (χ3n) is 15.8. The minimum Gasteiger partial charge on any atom is -0.307 e. The number of thiophene rings is 6. The normalized spacial score (nSPS) is 13.9. The van der Waals surface area contributed by atoms with Crippen molar-refractivity contribution in [3.8, 4) is 39.0 Å². The smallest absolute Gasteiger partial charge is 0.260 e. The summed E-state index contributed by atoms with van der Waals surface area (Å²) in [6.07, 6.45) is 29.7. The first kappa shape index (κ1) is 60.2. The Bertz CT molecular complexity index is 2830. The predicted molar refractivity (Wildman–Crippen MR) is 349 cm³/mol. The van der Waals surface area contributed by atoms with Gasteiger partial charge < -0.3 is 9.80 Å². The van der Waals surface area contributed by atoms with Crippen molar-refractivity contribution in [1.82, 2.24) is 0 Å². The fraction of sp³-hybridized carbons (Fsp3) is 0.500. The van der Waals surface area contributed by atoms with Crippen LogP contribution in [0.5, 0.6) is 0 Å². The van der Waals surface area contributed by atoms with Gasteiger partial charge in [-0.3, -0.25) is 9.59 Å². The minimum absolute atomic E-state index is 0.119. The Balaban J connectivity index is 0.00000397. The van der Waals surface area contributed by atoms with Crippen LogP contribution in [0.25, 0.3) is 50.2 Å². The van der Waals surface area contributed by atoms with Crippen LogP contribution in [-0.4, -0.2) is 24.9 Å². The second kappa shape index (κ2) is 31.3. The number of benzene rings is 1. The van der Waals surface area contributed by atoms with E-state index in [2.05, 4.69) is 133 Å². The number of hydrogen-bond acceptors (Lipinski definition) is 8. The van der Waals surface area contributed by atoms with Gasteiger partial charge in [0.1, 0.15) is 0 Å². The molecule has 0 saturated heterocycles. The van der Waals surface area contributed by atoms with Crippen molar-refractivity contribution in [1.29, 1.82) is 0 Å². The Labute approximate surface area is 493 Å². The summed E-state index contributed by atoms with van der Waals surface area (Å²) < 4.78 is 0. The lowest BCUT2D eigenvalue weighted by atomic mass is 9.93. The number of carbonyl (C=O) groups is 2. The number of unbranched alkanes of at least 4 members (excludes halogenated alkanes) is 16. The van der Waals surface area contributed by atoms with E-state index in [4.69, 9.17) is 0 Å². The second-order valence-electron chi connectivity index (χ2n) is 21.6. The topological polar surface area (TPSA) is 40.6 Å². The molecule has 1 aromatic carbocycles. The number of nitrogens with zero attached hydrogens (tertiary/aromatic N) is 2. The van der Waals surface area contributed by atoms with E-state index in [0.717, 1.165) is 68.4 Å². The van der Waals surface area contributed by atoms with Crippen LogP contribution < -0.4 is 20.2 Å². The Morgan fingerprint density at radius 3 is 0.962 bits per heavy atom. The summed E-state index contributed by atoms with van der Waals surface area (Å²) in [7, 11) is 0. The zero-order valence-corrected chi connectivity index (χ0v) is 52.8. The van der Waals surface area contributed by atoms with Crippen molar-refractivity contribution < 1.29 is 9.59 Å². The van der Waals surface area contributed by atoms with Crippen LogP contribution in [-0.2, 0) is 9.59 Å². The molecular formula is C68H88N2O2S6. The molecule has 0 spiro atoms. The van der Waals surface area contributed by atoms with Gasteiger partial charge >= 0.3 is 0 Å². The molecule has 2 unspecified atom stereocenters. The van der Waals surface area contributed by atoms with Gasteiger partial charge in [-0.1, -0.05) is 182 Å². The van der Waals surface area contributed by atoms with E-state index >= 15 is 9.59 Å². The number of fused-ring (bicyclic) bond motifs is 2. The third kappa shape index (κ3) is 15.3. The van der Waals surface area contributed by atoms with Crippen LogP contribution in [0, 0.1) is 11.8 Å². The molecule has 0 N–H and O–H groups in total. The summed E-state index contributed by atoms with van der Waals surface area (Å²) in [5.41, 5.74) is 3.57. The number of rotatable bonds is 34. The highest BCUT2D eigenvalue weighted by Gasteiger charge is 2.38.